The first-order chi connectivity index (χ1) is 10.2. The number of nitrogen functional groups attached to an aromatic ring is 1. The summed E-state index contributed by atoms with van der Waals surface area (Å²) in [7, 11) is 0. The molecule has 1 aliphatic rings. The summed E-state index contributed by atoms with van der Waals surface area (Å²) in [6.45, 7) is 4.17. The van der Waals surface area contributed by atoms with E-state index in [0.29, 0.717) is 11.6 Å². The standard InChI is InChI=1S/C18H19N3/c1-13(15-7-5-14(11-19)6-8-15)21-10-9-17-16(12-21)3-2-4-18(17)20/h2-8,13H,9-10,12,20H2,1H3. The van der Waals surface area contributed by atoms with E-state index in [2.05, 4.69) is 36.1 Å². The summed E-state index contributed by atoms with van der Waals surface area (Å²) in [6, 6.07) is 16.6. The van der Waals surface area contributed by atoms with Crippen LogP contribution < -0.4 is 5.73 Å². The lowest BCUT2D eigenvalue weighted by atomic mass is 9.95. The molecule has 1 atom stereocenters. The van der Waals surface area contributed by atoms with E-state index < -0.39 is 0 Å². The van der Waals surface area contributed by atoms with Crippen LogP contribution in [0.4, 0.5) is 5.69 Å². The summed E-state index contributed by atoms with van der Waals surface area (Å²) in [5, 5.41) is 8.88. The van der Waals surface area contributed by atoms with E-state index in [1.165, 1.54) is 16.7 Å². The minimum absolute atomic E-state index is 0.340. The molecule has 1 aliphatic heterocycles. The van der Waals surface area contributed by atoms with E-state index in [1.807, 2.05) is 24.3 Å². The summed E-state index contributed by atoms with van der Waals surface area (Å²) < 4.78 is 0. The van der Waals surface area contributed by atoms with Gasteiger partial charge in [-0.3, -0.25) is 4.90 Å². The highest BCUT2D eigenvalue weighted by molar-refractivity contribution is 5.52. The Balaban J connectivity index is 1.80. The van der Waals surface area contributed by atoms with Gasteiger partial charge in [-0.25, -0.2) is 0 Å². The molecule has 3 heteroatoms. The highest BCUT2D eigenvalue weighted by atomic mass is 15.2. The van der Waals surface area contributed by atoms with Gasteiger partial charge in [-0.15, -0.1) is 0 Å². The quantitative estimate of drug-likeness (QED) is 0.857. The topological polar surface area (TPSA) is 53.0 Å². The molecule has 0 saturated heterocycles. The molecule has 0 aromatic heterocycles. The summed E-state index contributed by atoms with van der Waals surface area (Å²) in [5.74, 6) is 0. The van der Waals surface area contributed by atoms with Crippen LogP contribution in [0.3, 0.4) is 0 Å². The largest absolute Gasteiger partial charge is 0.398 e. The Morgan fingerprint density at radius 3 is 2.67 bits per heavy atom. The van der Waals surface area contributed by atoms with Crippen molar-refractivity contribution in [1.29, 1.82) is 5.26 Å². The van der Waals surface area contributed by atoms with Gasteiger partial charge in [0.05, 0.1) is 11.6 Å². The van der Waals surface area contributed by atoms with Crippen LogP contribution in [-0.4, -0.2) is 11.4 Å². The minimum Gasteiger partial charge on any atom is -0.398 e. The van der Waals surface area contributed by atoms with Gasteiger partial charge >= 0.3 is 0 Å². The molecular weight excluding hydrogens is 258 g/mol. The number of anilines is 1. The maximum absolute atomic E-state index is 8.88. The first kappa shape index (κ1) is 13.7. The number of hydrogen-bond acceptors (Lipinski definition) is 3. The van der Waals surface area contributed by atoms with Crippen LogP contribution in [-0.2, 0) is 13.0 Å². The van der Waals surface area contributed by atoms with E-state index in [0.717, 1.165) is 25.2 Å². The molecule has 2 aromatic carbocycles. The summed E-state index contributed by atoms with van der Waals surface area (Å²) >= 11 is 0. The van der Waals surface area contributed by atoms with Crippen molar-refractivity contribution in [2.24, 2.45) is 0 Å². The van der Waals surface area contributed by atoms with Crippen LogP contribution in [0.2, 0.25) is 0 Å². The predicted molar refractivity (Wildman–Crippen MR) is 84.5 cm³/mol. The molecular formula is C18H19N3. The highest BCUT2D eigenvalue weighted by Crippen LogP contribution is 2.30. The summed E-state index contributed by atoms with van der Waals surface area (Å²) in [6.07, 6.45) is 1.00. The van der Waals surface area contributed by atoms with Crippen LogP contribution in [0.25, 0.3) is 0 Å². The molecule has 106 valence electrons. The third kappa shape index (κ3) is 2.63. The molecule has 0 saturated carbocycles. The molecule has 3 rings (SSSR count). The smallest absolute Gasteiger partial charge is 0.0991 e. The molecule has 2 aromatic rings. The van der Waals surface area contributed by atoms with E-state index in [4.69, 9.17) is 11.0 Å². The first-order valence-electron chi connectivity index (χ1n) is 7.29. The number of benzene rings is 2. The maximum atomic E-state index is 8.88. The fourth-order valence-electron chi connectivity index (χ4n) is 3.04. The third-order valence-corrected chi connectivity index (χ3v) is 4.40. The van der Waals surface area contributed by atoms with Crippen molar-refractivity contribution in [1.82, 2.24) is 4.90 Å². The Morgan fingerprint density at radius 1 is 1.19 bits per heavy atom. The van der Waals surface area contributed by atoms with Gasteiger partial charge in [0.25, 0.3) is 0 Å². The zero-order chi connectivity index (χ0) is 14.8. The lowest BCUT2D eigenvalue weighted by Crippen LogP contribution is -2.33. The van der Waals surface area contributed by atoms with Gasteiger partial charge in [-0.05, 0) is 48.2 Å². The number of nitrogens with two attached hydrogens (primary N) is 1. The van der Waals surface area contributed by atoms with Crippen molar-refractivity contribution in [2.75, 3.05) is 12.3 Å². The number of nitriles is 1. The second-order valence-corrected chi connectivity index (χ2v) is 5.62. The zero-order valence-corrected chi connectivity index (χ0v) is 12.2. The van der Waals surface area contributed by atoms with Gasteiger partial charge in [0.1, 0.15) is 0 Å². The number of hydrogen-bond donors (Lipinski definition) is 1. The molecule has 1 heterocycles. The van der Waals surface area contributed by atoms with Crippen LogP contribution >= 0.6 is 0 Å². The van der Waals surface area contributed by atoms with Crippen molar-refractivity contribution in [3.8, 4) is 6.07 Å². The summed E-state index contributed by atoms with van der Waals surface area (Å²) in [4.78, 5) is 2.46. The molecule has 0 aliphatic carbocycles. The van der Waals surface area contributed by atoms with Crippen LogP contribution in [0.5, 0.6) is 0 Å². The fraction of sp³-hybridized carbons (Fsp3) is 0.278. The van der Waals surface area contributed by atoms with Crippen LogP contribution in [0, 0.1) is 11.3 Å². The van der Waals surface area contributed by atoms with Crippen LogP contribution in [0.15, 0.2) is 42.5 Å². The van der Waals surface area contributed by atoms with Gasteiger partial charge in [-0.2, -0.15) is 5.26 Å². The van der Waals surface area contributed by atoms with Crippen molar-refractivity contribution in [2.45, 2.75) is 25.9 Å². The molecule has 1 unspecified atom stereocenters. The average Bonchev–Trinajstić information content (AvgIpc) is 2.54. The van der Waals surface area contributed by atoms with Crippen molar-refractivity contribution < 1.29 is 0 Å². The maximum Gasteiger partial charge on any atom is 0.0991 e. The second-order valence-electron chi connectivity index (χ2n) is 5.62. The number of fused-ring (bicyclic) bond motifs is 1. The second kappa shape index (κ2) is 5.59. The molecule has 0 bridgehead atoms. The minimum atomic E-state index is 0.340. The van der Waals surface area contributed by atoms with Gasteiger partial charge in [0.15, 0.2) is 0 Å². The van der Waals surface area contributed by atoms with E-state index >= 15 is 0 Å². The lowest BCUT2D eigenvalue weighted by molar-refractivity contribution is 0.192. The summed E-state index contributed by atoms with van der Waals surface area (Å²) in [5.41, 5.74) is 11.6. The molecule has 3 nitrogen and oxygen atoms in total. The normalized spacial score (nSPS) is 16.0. The number of rotatable bonds is 2. The first-order valence-corrected chi connectivity index (χ1v) is 7.29. The Hall–Kier alpha value is -2.31. The molecule has 0 spiro atoms. The van der Waals surface area contributed by atoms with E-state index in [1.54, 1.807) is 0 Å². The molecule has 0 amide bonds. The van der Waals surface area contributed by atoms with E-state index in [-0.39, 0.29) is 0 Å². The monoisotopic (exact) mass is 277 g/mol. The molecule has 2 N–H and O–H groups in total. The lowest BCUT2D eigenvalue weighted by Gasteiger charge is -2.34. The Kier molecular flexibility index (Phi) is 3.64. The van der Waals surface area contributed by atoms with Gasteiger partial charge in [-0.1, -0.05) is 24.3 Å². The Labute approximate surface area is 125 Å². The van der Waals surface area contributed by atoms with Crippen LogP contribution in [0.1, 0.15) is 35.2 Å². The van der Waals surface area contributed by atoms with Gasteiger partial charge < -0.3 is 5.73 Å². The van der Waals surface area contributed by atoms with Gasteiger partial charge in [0.2, 0.25) is 0 Å². The van der Waals surface area contributed by atoms with Gasteiger partial charge in [0, 0.05) is 24.8 Å². The zero-order valence-electron chi connectivity index (χ0n) is 12.2. The fourth-order valence-corrected chi connectivity index (χ4v) is 3.04. The van der Waals surface area contributed by atoms with Crippen molar-refractivity contribution >= 4 is 5.69 Å². The van der Waals surface area contributed by atoms with E-state index in [9.17, 15) is 0 Å². The Morgan fingerprint density at radius 2 is 1.95 bits per heavy atom. The average molecular weight is 277 g/mol. The van der Waals surface area contributed by atoms with Crippen molar-refractivity contribution in [3.05, 3.63) is 64.7 Å². The molecule has 0 fully saturated rings. The SMILES string of the molecule is CC(c1ccc(C#N)cc1)N1CCc2c(N)cccc2C1. The molecule has 0 radical (unpaired) electrons. The van der Waals surface area contributed by atoms with Crippen molar-refractivity contribution in [3.63, 3.8) is 0 Å². The number of nitrogens with zero attached hydrogens (tertiary/aromatic N) is 2. The highest BCUT2D eigenvalue weighted by Gasteiger charge is 2.22. The molecule has 21 heavy (non-hydrogen) atoms. The Bertz CT molecular complexity index is 683. The third-order valence-electron chi connectivity index (χ3n) is 4.40. The predicted octanol–water partition coefficient (Wildman–Crippen LogP) is 3.26.